The first-order valence-corrected chi connectivity index (χ1v) is 7.60. The molecule has 0 aliphatic heterocycles. The van der Waals surface area contributed by atoms with E-state index in [1.807, 2.05) is 0 Å². The smallest absolute Gasteiger partial charge is 0.0354 e. The maximum Gasteiger partial charge on any atom is 0.0354 e. The van der Waals surface area contributed by atoms with Crippen LogP contribution in [0.15, 0.2) is 18.2 Å². The van der Waals surface area contributed by atoms with Crippen LogP contribution in [0.5, 0.6) is 0 Å². The van der Waals surface area contributed by atoms with Crippen molar-refractivity contribution in [1.29, 1.82) is 0 Å². The lowest BCUT2D eigenvalue weighted by Crippen LogP contribution is -2.25. The van der Waals surface area contributed by atoms with Crippen molar-refractivity contribution in [3.8, 4) is 0 Å². The van der Waals surface area contributed by atoms with Crippen molar-refractivity contribution in [2.24, 2.45) is 5.92 Å². The number of rotatable bonds is 3. The first-order valence-electron chi connectivity index (χ1n) is 7.60. The van der Waals surface area contributed by atoms with Crippen molar-refractivity contribution in [1.82, 2.24) is 5.32 Å². The van der Waals surface area contributed by atoms with Crippen LogP contribution in [0.4, 0.5) is 0 Å². The molecule has 98 valence electrons. The zero-order valence-electron chi connectivity index (χ0n) is 11.9. The molecule has 1 heteroatoms. The Morgan fingerprint density at radius 2 is 1.94 bits per heavy atom. The van der Waals surface area contributed by atoms with Gasteiger partial charge in [-0.05, 0) is 60.3 Å². The molecule has 0 amide bonds. The Morgan fingerprint density at radius 1 is 1.17 bits per heavy atom. The van der Waals surface area contributed by atoms with Gasteiger partial charge in [-0.1, -0.05) is 39.0 Å². The summed E-state index contributed by atoms with van der Waals surface area (Å²) < 4.78 is 0. The Labute approximate surface area is 111 Å². The molecule has 1 aromatic rings. The molecule has 3 rings (SSSR count). The van der Waals surface area contributed by atoms with Crippen LogP contribution >= 0.6 is 0 Å². The van der Waals surface area contributed by atoms with E-state index >= 15 is 0 Å². The maximum atomic E-state index is 3.77. The van der Waals surface area contributed by atoms with E-state index in [0.29, 0.717) is 6.04 Å². The minimum Gasteiger partial charge on any atom is -0.310 e. The van der Waals surface area contributed by atoms with Crippen LogP contribution in [0, 0.1) is 5.92 Å². The van der Waals surface area contributed by atoms with E-state index in [-0.39, 0.29) is 0 Å². The molecule has 0 fully saturated rings. The standard InChI is InChI=1S/C17H25N/c1-4-10-18-17-12(3)14-9-8-11(2)13-6-5-7-15(17)16(13)14/h5-7,11-12,14,17-18H,4,8-10H2,1-3H3. The van der Waals surface area contributed by atoms with E-state index in [1.165, 1.54) is 19.3 Å². The highest BCUT2D eigenvalue weighted by atomic mass is 14.9. The van der Waals surface area contributed by atoms with Gasteiger partial charge < -0.3 is 5.32 Å². The van der Waals surface area contributed by atoms with Crippen molar-refractivity contribution in [3.05, 3.63) is 34.9 Å². The van der Waals surface area contributed by atoms with Crippen molar-refractivity contribution in [3.63, 3.8) is 0 Å². The quantitative estimate of drug-likeness (QED) is 0.832. The third kappa shape index (κ3) is 1.72. The molecular weight excluding hydrogens is 218 g/mol. The van der Waals surface area contributed by atoms with E-state index in [1.54, 1.807) is 16.7 Å². The molecule has 1 aromatic carbocycles. The summed E-state index contributed by atoms with van der Waals surface area (Å²) in [5, 5.41) is 3.77. The molecule has 1 nitrogen and oxygen atoms in total. The van der Waals surface area contributed by atoms with Gasteiger partial charge in [-0.15, -0.1) is 0 Å². The van der Waals surface area contributed by atoms with E-state index in [0.717, 1.165) is 24.3 Å². The van der Waals surface area contributed by atoms with E-state index in [2.05, 4.69) is 44.3 Å². The predicted molar refractivity (Wildman–Crippen MR) is 77.0 cm³/mol. The molecular formula is C17H25N. The van der Waals surface area contributed by atoms with E-state index in [9.17, 15) is 0 Å². The van der Waals surface area contributed by atoms with Crippen molar-refractivity contribution in [2.45, 2.75) is 57.9 Å². The molecule has 2 aliphatic rings. The van der Waals surface area contributed by atoms with Gasteiger partial charge in [0.2, 0.25) is 0 Å². The van der Waals surface area contributed by atoms with E-state index < -0.39 is 0 Å². The van der Waals surface area contributed by atoms with Gasteiger partial charge in [0, 0.05) is 6.04 Å². The van der Waals surface area contributed by atoms with Crippen LogP contribution in [0.3, 0.4) is 0 Å². The average Bonchev–Trinajstić information content (AvgIpc) is 2.66. The van der Waals surface area contributed by atoms with Crippen LogP contribution < -0.4 is 5.32 Å². The van der Waals surface area contributed by atoms with Crippen LogP contribution in [-0.4, -0.2) is 6.54 Å². The topological polar surface area (TPSA) is 12.0 Å². The van der Waals surface area contributed by atoms with Gasteiger partial charge in [0.05, 0.1) is 0 Å². The lowest BCUT2D eigenvalue weighted by atomic mass is 9.76. The Bertz CT molecular complexity index is 437. The second-order valence-corrected chi connectivity index (χ2v) is 6.23. The van der Waals surface area contributed by atoms with Crippen LogP contribution in [0.1, 0.15) is 74.6 Å². The normalized spacial score (nSPS) is 33.5. The number of benzene rings is 1. The highest BCUT2D eigenvalue weighted by molar-refractivity contribution is 5.48. The molecule has 0 radical (unpaired) electrons. The summed E-state index contributed by atoms with van der Waals surface area (Å²) in [6.07, 6.45) is 3.97. The molecule has 0 saturated carbocycles. The van der Waals surface area contributed by atoms with Crippen molar-refractivity contribution >= 4 is 0 Å². The Balaban J connectivity index is 2.01. The first kappa shape index (κ1) is 12.2. The average molecular weight is 243 g/mol. The molecule has 18 heavy (non-hydrogen) atoms. The molecule has 0 bridgehead atoms. The van der Waals surface area contributed by atoms with Crippen LogP contribution in [0.25, 0.3) is 0 Å². The number of nitrogens with one attached hydrogen (secondary N) is 1. The van der Waals surface area contributed by atoms with Gasteiger partial charge in [0.25, 0.3) is 0 Å². The monoisotopic (exact) mass is 243 g/mol. The van der Waals surface area contributed by atoms with E-state index in [4.69, 9.17) is 0 Å². The third-order valence-electron chi connectivity index (χ3n) is 5.10. The summed E-state index contributed by atoms with van der Waals surface area (Å²) >= 11 is 0. The fraction of sp³-hybridized carbons (Fsp3) is 0.647. The van der Waals surface area contributed by atoms with Gasteiger partial charge in [0.1, 0.15) is 0 Å². The lowest BCUT2D eigenvalue weighted by Gasteiger charge is -2.29. The summed E-state index contributed by atoms with van der Waals surface area (Å²) in [4.78, 5) is 0. The molecule has 0 spiro atoms. The fourth-order valence-electron chi connectivity index (χ4n) is 4.10. The summed E-state index contributed by atoms with van der Waals surface area (Å²) in [6, 6.07) is 7.59. The molecule has 0 saturated heterocycles. The molecule has 2 aliphatic carbocycles. The lowest BCUT2D eigenvalue weighted by molar-refractivity contribution is 0.339. The summed E-state index contributed by atoms with van der Waals surface area (Å²) in [6.45, 7) is 8.23. The van der Waals surface area contributed by atoms with Gasteiger partial charge in [-0.25, -0.2) is 0 Å². The highest BCUT2D eigenvalue weighted by Gasteiger charge is 2.41. The highest BCUT2D eigenvalue weighted by Crippen LogP contribution is 2.53. The second kappa shape index (κ2) is 4.70. The Kier molecular flexibility index (Phi) is 3.19. The van der Waals surface area contributed by atoms with Crippen molar-refractivity contribution in [2.75, 3.05) is 6.54 Å². The number of hydrogen-bond donors (Lipinski definition) is 1. The minimum atomic E-state index is 0.593. The third-order valence-corrected chi connectivity index (χ3v) is 5.10. The summed E-state index contributed by atoms with van der Waals surface area (Å²) in [7, 11) is 0. The SMILES string of the molecule is CCCNC1c2cccc3c2C(CCC3C)C1C. The molecule has 4 unspecified atom stereocenters. The van der Waals surface area contributed by atoms with Crippen molar-refractivity contribution < 1.29 is 0 Å². The largest absolute Gasteiger partial charge is 0.310 e. The minimum absolute atomic E-state index is 0.593. The Morgan fingerprint density at radius 3 is 2.72 bits per heavy atom. The zero-order valence-corrected chi connectivity index (χ0v) is 11.9. The molecule has 0 heterocycles. The predicted octanol–water partition coefficient (Wildman–Crippen LogP) is 4.36. The van der Waals surface area contributed by atoms with Gasteiger partial charge in [-0.2, -0.15) is 0 Å². The summed E-state index contributed by atoms with van der Waals surface area (Å²) in [5.74, 6) is 2.33. The molecule has 1 N–H and O–H groups in total. The van der Waals surface area contributed by atoms with Crippen LogP contribution in [0.2, 0.25) is 0 Å². The first-order chi connectivity index (χ1) is 8.74. The van der Waals surface area contributed by atoms with Gasteiger partial charge in [-0.3, -0.25) is 0 Å². The fourth-order valence-corrected chi connectivity index (χ4v) is 4.10. The Hall–Kier alpha value is -0.820. The maximum absolute atomic E-state index is 3.77. The second-order valence-electron chi connectivity index (χ2n) is 6.23. The summed E-state index contributed by atoms with van der Waals surface area (Å²) in [5.41, 5.74) is 4.94. The van der Waals surface area contributed by atoms with Crippen LogP contribution in [-0.2, 0) is 0 Å². The number of hydrogen-bond acceptors (Lipinski definition) is 1. The molecule has 0 aromatic heterocycles. The van der Waals surface area contributed by atoms with Gasteiger partial charge in [0.15, 0.2) is 0 Å². The molecule has 4 atom stereocenters. The van der Waals surface area contributed by atoms with Gasteiger partial charge >= 0.3 is 0 Å². The zero-order chi connectivity index (χ0) is 12.7.